The minimum Gasteiger partial charge on any atom is -0.0622 e. The summed E-state index contributed by atoms with van der Waals surface area (Å²) in [6, 6.07) is 21.6. The normalized spacial score (nSPS) is 15.4. The summed E-state index contributed by atoms with van der Waals surface area (Å²) in [4.78, 5) is 0. The van der Waals surface area contributed by atoms with E-state index in [-0.39, 0.29) is 27.3 Å². The van der Waals surface area contributed by atoms with Crippen molar-refractivity contribution in [2.45, 2.75) is 0 Å². The molecule has 0 aliphatic heterocycles. The minimum atomic E-state index is -0.409. The molecule has 0 saturated heterocycles. The van der Waals surface area contributed by atoms with Crippen LogP contribution in [0.5, 0.6) is 0 Å². The van der Waals surface area contributed by atoms with Crippen molar-refractivity contribution >= 4 is 45.8 Å². The molecule has 0 spiro atoms. The average molecular weight is 454 g/mol. The van der Waals surface area contributed by atoms with Crippen LogP contribution in [0.4, 0.5) is 0 Å². The van der Waals surface area contributed by atoms with Crippen LogP contribution in [0.2, 0.25) is 0 Å². The van der Waals surface area contributed by atoms with Crippen molar-refractivity contribution in [1.29, 1.82) is 0 Å². The second kappa shape index (κ2) is 7.54. The predicted octanol–water partition coefficient (Wildman–Crippen LogP) is 3.10. The van der Waals surface area contributed by atoms with Crippen molar-refractivity contribution in [1.82, 2.24) is 0 Å². The van der Waals surface area contributed by atoms with Gasteiger partial charge >= 0.3 is 27.3 Å². The van der Waals surface area contributed by atoms with Crippen LogP contribution in [0.3, 0.4) is 0 Å². The Labute approximate surface area is 137 Å². The van der Waals surface area contributed by atoms with Crippen LogP contribution in [-0.4, -0.2) is 27.3 Å². The smallest absolute Gasteiger partial charge is 0.0622 e. The summed E-state index contributed by atoms with van der Waals surface area (Å²) in [7, 11) is -0.409. The fraction of sp³-hybridized carbons (Fsp3) is 0. The Kier molecular flexibility index (Phi) is 6.03. The van der Waals surface area contributed by atoms with E-state index in [1.807, 2.05) is 0 Å². The van der Waals surface area contributed by atoms with E-state index in [0.717, 1.165) is 0 Å². The first-order valence-corrected chi connectivity index (χ1v) is 7.41. The van der Waals surface area contributed by atoms with Crippen molar-refractivity contribution in [3.05, 3.63) is 92.0 Å². The molecule has 2 aromatic rings. The minimum absolute atomic E-state index is 0. The molecule has 0 atom stereocenters. The Morgan fingerprint density at radius 3 is 1.42 bits per heavy atom. The molecule has 0 aromatic heterocycles. The number of hydrogen-bond acceptors (Lipinski definition) is 0. The van der Waals surface area contributed by atoms with Crippen molar-refractivity contribution in [3.8, 4) is 0 Å². The molecule has 0 N–H and O–H groups in total. The number of rotatable bonds is 3. The van der Waals surface area contributed by atoms with Crippen molar-refractivity contribution in [3.63, 3.8) is 0 Å². The molecule has 0 heterocycles. The molecule has 19 heavy (non-hydrogen) atoms. The van der Waals surface area contributed by atoms with E-state index in [4.69, 9.17) is 0 Å². The third-order valence-corrected chi connectivity index (χ3v) is 5.38. The van der Waals surface area contributed by atoms with Crippen LogP contribution in [0.1, 0.15) is 0 Å². The first-order valence-electron chi connectivity index (χ1n) is 6.07. The summed E-state index contributed by atoms with van der Waals surface area (Å²) in [5, 5.41) is 2.81. The SMILES string of the molecule is [CH]1[CH][CH][C](P(c2ccccc2)c2ccccc2)[CH]1.[Tl+]. The Bertz CT molecular complexity index is 438. The van der Waals surface area contributed by atoms with Gasteiger partial charge in [0, 0.05) is 5.66 Å². The summed E-state index contributed by atoms with van der Waals surface area (Å²) < 4.78 is 0. The zero-order valence-electron chi connectivity index (χ0n) is 10.6. The monoisotopic (exact) mass is 454 g/mol. The summed E-state index contributed by atoms with van der Waals surface area (Å²) in [5.41, 5.74) is 1.42. The van der Waals surface area contributed by atoms with Gasteiger partial charge in [-0.15, -0.1) is 0 Å². The van der Waals surface area contributed by atoms with Crippen LogP contribution < -0.4 is 10.6 Å². The summed E-state index contributed by atoms with van der Waals surface area (Å²) >= 11 is 0. The fourth-order valence-corrected chi connectivity index (χ4v) is 4.42. The maximum atomic E-state index is 2.23. The molecule has 2 heteroatoms. The summed E-state index contributed by atoms with van der Waals surface area (Å²) in [6.45, 7) is 0. The van der Waals surface area contributed by atoms with Crippen LogP contribution in [0.15, 0.2) is 60.7 Å². The van der Waals surface area contributed by atoms with Gasteiger partial charge in [0.15, 0.2) is 0 Å². The molecule has 89 valence electrons. The third kappa shape index (κ3) is 3.67. The standard InChI is InChI=1S/C17H14P.Tl/c1-3-9-15(10-4-1)18(17-13-7-8-14-17)16-11-5-2-6-12-16;/h1-14H;/q;+1. The fourth-order valence-electron chi connectivity index (χ4n) is 2.11. The van der Waals surface area contributed by atoms with E-state index in [2.05, 4.69) is 86.3 Å². The molecule has 5 radical (unpaired) electrons. The molecule has 1 aliphatic carbocycles. The predicted molar refractivity (Wildman–Crippen MR) is 85.3 cm³/mol. The number of benzene rings is 2. The molecule has 1 saturated carbocycles. The van der Waals surface area contributed by atoms with Gasteiger partial charge < -0.3 is 0 Å². The Morgan fingerprint density at radius 2 is 1.00 bits per heavy atom. The van der Waals surface area contributed by atoms with E-state index in [1.165, 1.54) is 16.3 Å². The van der Waals surface area contributed by atoms with Crippen molar-refractivity contribution in [2.24, 2.45) is 0 Å². The average Bonchev–Trinajstić information content (AvgIpc) is 2.95. The van der Waals surface area contributed by atoms with Gasteiger partial charge in [-0.3, -0.25) is 0 Å². The van der Waals surface area contributed by atoms with Crippen LogP contribution >= 0.6 is 7.92 Å². The maximum Gasteiger partial charge on any atom is 1.00 e. The van der Waals surface area contributed by atoms with E-state index in [0.29, 0.717) is 0 Å². The topological polar surface area (TPSA) is 0 Å². The van der Waals surface area contributed by atoms with Crippen molar-refractivity contribution in [2.75, 3.05) is 0 Å². The van der Waals surface area contributed by atoms with Gasteiger partial charge in [-0.05, 0) is 44.2 Å². The zero-order chi connectivity index (χ0) is 12.2. The molecule has 0 amide bonds. The van der Waals surface area contributed by atoms with E-state index >= 15 is 0 Å². The summed E-state index contributed by atoms with van der Waals surface area (Å²) in [5.74, 6) is 0. The van der Waals surface area contributed by atoms with Gasteiger partial charge in [0.25, 0.3) is 0 Å². The second-order valence-electron chi connectivity index (χ2n) is 4.15. The Morgan fingerprint density at radius 1 is 0.579 bits per heavy atom. The quantitative estimate of drug-likeness (QED) is 0.495. The van der Waals surface area contributed by atoms with Gasteiger partial charge in [-0.25, -0.2) is 0 Å². The molecule has 0 bridgehead atoms. The van der Waals surface area contributed by atoms with Gasteiger partial charge in [0.05, 0.1) is 0 Å². The Hall–Kier alpha value is -0.208. The molecular formula is C17H14PTl+. The second-order valence-corrected chi connectivity index (χ2v) is 6.37. The largest absolute Gasteiger partial charge is 1.00 e. The maximum absolute atomic E-state index is 2.23. The van der Waals surface area contributed by atoms with Gasteiger partial charge in [0.2, 0.25) is 0 Å². The molecule has 1 fully saturated rings. The number of hydrogen-bond donors (Lipinski definition) is 0. The molecule has 3 rings (SSSR count). The molecular weight excluding hydrogens is 440 g/mol. The summed E-state index contributed by atoms with van der Waals surface area (Å²) in [6.07, 6.45) is 8.70. The van der Waals surface area contributed by atoms with Crippen LogP contribution in [0, 0.1) is 31.3 Å². The van der Waals surface area contributed by atoms with Gasteiger partial charge in [0.1, 0.15) is 0 Å². The van der Waals surface area contributed by atoms with Crippen LogP contribution in [-0.2, 0) is 0 Å². The van der Waals surface area contributed by atoms with Crippen LogP contribution in [0.25, 0.3) is 0 Å². The molecule has 2 aromatic carbocycles. The van der Waals surface area contributed by atoms with Gasteiger partial charge in [-0.2, -0.15) is 0 Å². The zero-order valence-corrected chi connectivity index (χ0v) is 16.0. The van der Waals surface area contributed by atoms with Crippen molar-refractivity contribution < 1.29 is 0 Å². The molecule has 1 aliphatic rings. The third-order valence-electron chi connectivity index (χ3n) is 2.93. The first-order chi connectivity index (χ1) is 8.95. The molecule has 0 nitrogen and oxygen atoms in total. The Balaban J connectivity index is 0.00000133. The first kappa shape index (κ1) is 15.2. The van der Waals surface area contributed by atoms with Gasteiger partial charge in [-0.1, -0.05) is 60.7 Å². The molecule has 0 unspecified atom stereocenters. The van der Waals surface area contributed by atoms with E-state index in [9.17, 15) is 0 Å². The van der Waals surface area contributed by atoms with E-state index in [1.54, 1.807) is 0 Å². The van der Waals surface area contributed by atoms with E-state index < -0.39 is 7.92 Å².